The Morgan fingerprint density at radius 1 is 1.38 bits per heavy atom. The quantitative estimate of drug-likeness (QED) is 0.631. The Hall–Kier alpha value is -0.630. The summed E-state index contributed by atoms with van der Waals surface area (Å²) in [4.78, 5) is 3.73. The number of nitrogens with zero attached hydrogens (tertiary/aromatic N) is 1. The molecule has 1 aromatic rings. The van der Waals surface area contributed by atoms with E-state index in [-0.39, 0.29) is 0 Å². The fourth-order valence-corrected chi connectivity index (χ4v) is 2.35. The molecule has 1 nitrogen and oxygen atoms in total. The largest absolute Gasteiger partial charge is 0.374 e. The summed E-state index contributed by atoms with van der Waals surface area (Å²) < 4.78 is 0. The maximum atomic E-state index is 2.35. The molecule has 2 rings (SSSR count). The normalized spacial score (nSPS) is 15.7. The van der Waals surface area contributed by atoms with Gasteiger partial charge in [-0.05, 0) is 42.9 Å². The second-order valence-corrected chi connectivity index (χ2v) is 4.40. The van der Waals surface area contributed by atoms with Crippen LogP contribution in [0.4, 0.5) is 5.69 Å². The highest BCUT2D eigenvalue weighted by molar-refractivity contribution is 7.98. The predicted molar refractivity (Wildman–Crippen MR) is 59.8 cm³/mol. The smallest absolute Gasteiger partial charge is 0.0396 e. The summed E-state index contributed by atoms with van der Waals surface area (Å²) in [7, 11) is 2.18. The third-order valence-electron chi connectivity index (χ3n) is 2.64. The molecule has 0 bridgehead atoms. The van der Waals surface area contributed by atoms with Crippen molar-refractivity contribution in [2.75, 3.05) is 24.7 Å². The van der Waals surface area contributed by atoms with Crippen LogP contribution in [-0.2, 0) is 6.42 Å². The van der Waals surface area contributed by atoms with E-state index in [1.54, 1.807) is 0 Å². The van der Waals surface area contributed by atoms with Gasteiger partial charge < -0.3 is 4.90 Å². The van der Waals surface area contributed by atoms with E-state index in [4.69, 9.17) is 0 Å². The lowest BCUT2D eigenvalue weighted by Crippen LogP contribution is -2.24. The number of anilines is 1. The summed E-state index contributed by atoms with van der Waals surface area (Å²) in [5.74, 6) is 0. The average Bonchev–Trinajstić information content (AvgIpc) is 2.18. The summed E-state index contributed by atoms with van der Waals surface area (Å²) in [5, 5.41) is 0. The van der Waals surface area contributed by atoms with E-state index in [1.807, 2.05) is 11.8 Å². The lowest BCUT2D eigenvalue weighted by Gasteiger charge is -2.27. The van der Waals surface area contributed by atoms with Crippen LogP contribution in [0.1, 0.15) is 12.0 Å². The van der Waals surface area contributed by atoms with Gasteiger partial charge in [0.2, 0.25) is 0 Å². The van der Waals surface area contributed by atoms with Gasteiger partial charge in [-0.15, -0.1) is 11.8 Å². The fraction of sp³-hybridized carbons (Fsp3) is 0.455. The second kappa shape index (κ2) is 3.62. The molecule has 0 saturated heterocycles. The van der Waals surface area contributed by atoms with Crippen molar-refractivity contribution in [3.63, 3.8) is 0 Å². The third-order valence-corrected chi connectivity index (χ3v) is 3.36. The summed E-state index contributed by atoms with van der Waals surface area (Å²) in [5.41, 5.74) is 2.93. The highest BCUT2D eigenvalue weighted by atomic mass is 32.2. The number of benzene rings is 1. The predicted octanol–water partition coefficient (Wildman–Crippen LogP) is 2.79. The van der Waals surface area contributed by atoms with Crippen molar-refractivity contribution in [3.05, 3.63) is 23.8 Å². The van der Waals surface area contributed by atoms with Crippen molar-refractivity contribution < 1.29 is 0 Å². The molecule has 70 valence electrons. The molecule has 0 aromatic heterocycles. The first-order valence-electron chi connectivity index (χ1n) is 4.69. The summed E-state index contributed by atoms with van der Waals surface area (Å²) in [6, 6.07) is 6.79. The maximum Gasteiger partial charge on any atom is 0.0396 e. The van der Waals surface area contributed by atoms with Gasteiger partial charge in [0, 0.05) is 24.2 Å². The molecule has 0 N–H and O–H groups in total. The van der Waals surface area contributed by atoms with Gasteiger partial charge in [-0.25, -0.2) is 0 Å². The molecule has 0 fully saturated rings. The van der Waals surface area contributed by atoms with Gasteiger partial charge in [-0.3, -0.25) is 0 Å². The molecule has 0 radical (unpaired) electrons. The van der Waals surface area contributed by atoms with E-state index in [2.05, 4.69) is 36.4 Å². The van der Waals surface area contributed by atoms with E-state index in [9.17, 15) is 0 Å². The Balaban J connectivity index is 2.39. The van der Waals surface area contributed by atoms with Crippen molar-refractivity contribution in [1.82, 2.24) is 0 Å². The van der Waals surface area contributed by atoms with Crippen LogP contribution in [0.3, 0.4) is 0 Å². The molecule has 0 unspecified atom stereocenters. The van der Waals surface area contributed by atoms with Gasteiger partial charge in [0.25, 0.3) is 0 Å². The first-order chi connectivity index (χ1) is 6.31. The van der Waals surface area contributed by atoms with Crippen molar-refractivity contribution in [3.8, 4) is 0 Å². The highest BCUT2D eigenvalue weighted by Gasteiger charge is 2.12. The number of fused-ring (bicyclic) bond motifs is 1. The zero-order chi connectivity index (χ0) is 9.26. The Labute approximate surface area is 84.1 Å². The Morgan fingerprint density at radius 3 is 3.00 bits per heavy atom. The standard InChI is InChI=1S/C11H15NS/c1-12-7-3-4-9-8-10(13-2)5-6-11(9)12/h5-6,8H,3-4,7H2,1-2H3. The minimum Gasteiger partial charge on any atom is -0.374 e. The lowest BCUT2D eigenvalue weighted by molar-refractivity contribution is 0.742. The molecule has 0 amide bonds. The number of hydrogen-bond acceptors (Lipinski definition) is 2. The fourth-order valence-electron chi connectivity index (χ4n) is 1.89. The molecule has 0 atom stereocenters. The van der Waals surface area contributed by atoms with Gasteiger partial charge in [0.15, 0.2) is 0 Å². The number of thioether (sulfide) groups is 1. The monoisotopic (exact) mass is 193 g/mol. The van der Waals surface area contributed by atoms with Gasteiger partial charge in [0.1, 0.15) is 0 Å². The zero-order valence-electron chi connectivity index (χ0n) is 8.21. The number of rotatable bonds is 1. The van der Waals surface area contributed by atoms with Crippen LogP contribution in [0.25, 0.3) is 0 Å². The molecule has 1 heterocycles. The molecule has 1 aliphatic rings. The van der Waals surface area contributed by atoms with Crippen LogP contribution in [0.15, 0.2) is 23.1 Å². The first kappa shape index (κ1) is 8.95. The minimum atomic E-state index is 1.20. The third kappa shape index (κ3) is 1.68. The molecule has 2 heteroatoms. The van der Waals surface area contributed by atoms with Crippen LogP contribution in [0.2, 0.25) is 0 Å². The molecule has 0 aliphatic carbocycles. The van der Waals surface area contributed by atoms with Crippen molar-refractivity contribution in [2.45, 2.75) is 17.7 Å². The Kier molecular flexibility index (Phi) is 2.49. The molecule has 0 spiro atoms. The van der Waals surface area contributed by atoms with E-state index >= 15 is 0 Å². The molecular weight excluding hydrogens is 178 g/mol. The van der Waals surface area contributed by atoms with E-state index in [0.717, 1.165) is 0 Å². The van der Waals surface area contributed by atoms with Crippen molar-refractivity contribution in [2.24, 2.45) is 0 Å². The van der Waals surface area contributed by atoms with Gasteiger partial charge in [-0.2, -0.15) is 0 Å². The number of aryl methyl sites for hydroxylation is 1. The summed E-state index contributed by atoms with van der Waals surface area (Å²) in [6.07, 6.45) is 4.67. The van der Waals surface area contributed by atoms with Crippen molar-refractivity contribution in [1.29, 1.82) is 0 Å². The average molecular weight is 193 g/mol. The minimum absolute atomic E-state index is 1.20. The number of hydrogen-bond donors (Lipinski definition) is 0. The van der Waals surface area contributed by atoms with E-state index in [0.29, 0.717) is 0 Å². The zero-order valence-corrected chi connectivity index (χ0v) is 9.03. The van der Waals surface area contributed by atoms with Crippen LogP contribution in [-0.4, -0.2) is 19.8 Å². The topological polar surface area (TPSA) is 3.24 Å². The summed E-state index contributed by atoms with van der Waals surface area (Å²) in [6.45, 7) is 1.20. The van der Waals surface area contributed by atoms with E-state index < -0.39 is 0 Å². The van der Waals surface area contributed by atoms with Crippen molar-refractivity contribution >= 4 is 17.4 Å². The Bertz CT molecular complexity index is 309. The molecule has 0 saturated carbocycles. The van der Waals surface area contributed by atoms with Gasteiger partial charge >= 0.3 is 0 Å². The van der Waals surface area contributed by atoms with E-state index in [1.165, 1.54) is 35.5 Å². The second-order valence-electron chi connectivity index (χ2n) is 3.52. The molecular formula is C11H15NS. The maximum absolute atomic E-state index is 2.35. The first-order valence-corrected chi connectivity index (χ1v) is 5.92. The SMILES string of the molecule is CSc1ccc2c(c1)CCCN2C. The summed E-state index contributed by atoms with van der Waals surface area (Å²) >= 11 is 1.82. The highest BCUT2D eigenvalue weighted by Crippen LogP contribution is 2.29. The van der Waals surface area contributed by atoms with Gasteiger partial charge in [-0.1, -0.05) is 0 Å². The van der Waals surface area contributed by atoms with Crippen LogP contribution < -0.4 is 4.90 Å². The molecule has 1 aliphatic heterocycles. The van der Waals surface area contributed by atoms with Crippen LogP contribution >= 0.6 is 11.8 Å². The molecule has 1 aromatic carbocycles. The lowest BCUT2D eigenvalue weighted by atomic mass is 10.0. The van der Waals surface area contributed by atoms with Crippen LogP contribution in [0, 0.1) is 0 Å². The van der Waals surface area contributed by atoms with Gasteiger partial charge in [0.05, 0.1) is 0 Å². The Morgan fingerprint density at radius 2 is 2.23 bits per heavy atom. The van der Waals surface area contributed by atoms with Crippen LogP contribution in [0.5, 0.6) is 0 Å². The molecule has 13 heavy (non-hydrogen) atoms.